The first-order valence-corrected chi connectivity index (χ1v) is 4.84. The first-order valence-electron chi connectivity index (χ1n) is 4.84. The summed E-state index contributed by atoms with van der Waals surface area (Å²) in [5.41, 5.74) is 0.898. The quantitative estimate of drug-likeness (QED) is 0.357. The van der Waals surface area contributed by atoms with E-state index in [2.05, 4.69) is 30.0 Å². The zero-order valence-corrected chi connectivity index (χ0v) is 9.00. The topological polar surface area (TPSA) is 24.4 Å². The molecule has 78 valence electrons. The van der Waals surface area contributed by atoms with Crippen LogP contribution in [0.4, 0.5) is 0 Å². The van der Waals surface area contributed by atoms with Crippen LogP contribution in [-0.4, -0.2) is 12.9 Å². The Kier molecular flexibility index (Phi) is 7.52. The summed E-state index contributed by atoms with van der Waals surface area (Å²) in [6, 6.07) is 0. The molecule has 0 bridgehead atoms. The van der Waals surface area contributed by atoms with Crippen molar-refractivity contribution in [2.24, 2.45) is 10.9 Å². The summed E-state index contributed by atoms with van der Waals surface area (Å²) in [5.74, 6) is 0.441. The normalized spacial score (nSPS) is 12.4. The third-order valence-corrected chi connectivity index (χ3v) is 1.82. The van der Waals surface area contributed by atoms with Crippen LogP contribution in [0.1, 0.15) is 19.8 Å². The van der Waals surface area contributed by atoms with Crippen molar-refractivity contribution < 1.29 is 0 Å². The van der Waals surface area contributed by atoms with E-state index in [1.165, 1.54) is 0 Å². The van der Waals surface area contributed by atoms with Gasteiger partial charge in [0.2, 0.25) is 0 Å². The molecule has 0 aromatic carbocycles. The molecule has 0 saturated heterocycles. The van der Waals surface area contributed by atoms with E-state index < -0.39 is 0 Å². The second-order valence-corrected chi connectivity index (χ2v) is 3.28. The van der Waals surface area contributed by atoms with Gasteiger partial charge in [-0.15, -0.1) is 13.2 Å². The van der Waals surface area contributed by atoms with E-state index in [9.17, 15) is 0 Å². The number of aliphatic imine (C=N–C) groups is 1. The smallest absolute Gasteiger partial charge is 0.0865 e. The maximum atomic E-state index is 4.23. The van der Waals surface area contributed by atoms with Crippen molar-refractivity contribution in [1.29, 1.82) is 0 Å². The Morgan fingerprint density at radius 3 is 2.71 bits per heavy atom. The van der Waals surface area contributed by atoms with Crippen LogP contribution in [0.3, 0.4) is 0 Å². The van der Waals surface area contributed by atoms with Crippen molar-refractivity contribution in [2.45, 2.75) is 19.8 Å². The summed E-state index contributed by atoms with van der Waals surface area (Å²) in [6.07, 6.45) is 7.64. The average Bonchev–Trinajstić information content (AvgIpc) is 2.16. The van der Waals surface area contributed by atoms with Gasteiger partial charge >= 0.3 is 0 Å². The average molecular weight is 192 g/mol. The van der Waals surface area contributed by atoms with E-state index in [4.69, 9.17) is 0 Å². The predicted octanol–water partition coefficient (Wildman–Crippen LogP) is 2.91. The second-order valence-electron chi connectivity index (χ2n) is 3.28. The van der Waals surface area contributed by atoms with Gasteiger partial charge in [-0.25, -0.2) is 0 Å². The van der Waals surface area contributed by atoms with Gasteiger partial charge in [-0.2, -0.15) is 0 Å². The van der Waals surface area contributed by atoms with E-state index in [0.29, 0.717) is 5.92 Å². The molecular formula is C12H20N2. The second kappa shape index (κ2) is 8.30. The van der Waals surface area contributed by atoms with Crippen molar-refractivity contribution in [2.75, 3.05) is 6.54 Å². The van der Waals surface area contributed by atoms with Crippen LogP contribution < -0.4 is 5.32 Å². The van der Waals surface area contributed by atoms with Crippen molar-refractivity contribution >= 4 is 6.34 Å². The highest BCUT2D eigenvalue weighted by atomic mass is 14.9. The van der Waals surface area contributed by atoms with Gasteiger partial charge < -0.3 is 5.32 Å². The maximum Gasteiger partial charge on any atom is 0.0865 e. The van der Waals surface area contributed by atoms with Crippen molar-refractivity contribution in [3.05, 3.63) is 37.6 Å². The van der Waals surface area contributed by atoms with Gasteiger partial charge in [0.25, 0.3) is 0 Å². The molecule has 0 spiro atoms. The van der Waals surface area contributed by atoms with E-state index in [1.54, 1.807) is 6.34 Å². The number of hydrogen-bond acceptors (Lipinski definition) is 1. The molecule has 0 radical (unpaired) electrons. The largest absolute Gasteiger partial charge is 0.351 e. The molecule has 0 saturated carbocycles. The molecule has 2 heteroatoms. The zero-order valence-electron chi connectivity index (χ0n) is 9.00. The van der Waals surface area contributed by atoms with Crippen molar-refractivity contribution in [3.63, 3.8) is 0 Å². The van der Waals surface area contributed by atoms with Crippen LogP contribution >= 0.6 is 0 Å². The number of rotatable bonds is 8. The molecule has 0 rings (SSSR count). The molecule has 0 heterocycles. The summed E-state index contributed by atoms with van der Waals surface area (Å²) in [4.78, 5) is 4.23. The fourth-order valence-electron chi connectivity index (χ4n) is 0.960. The Bertz CT molecular complexity index is 216. The monoisotopic (exact) mass is 192 g/mol. The fraction of sp³-hybridized carbons (Fsp3) is 0.417. The molecule has 0 aliphatic heterocycles. The molecule has 0 aromatic rings. The predicted molar refractivity (Wildman–Crippen MR) is 64.4 cm³/mol. The molecule has 1 atom stereocenters. The SMILES string of the molecule is C=CCCC(C=C)CN=CNC(=C)C. The van der Waals surface area contributed by atoms with Gasteiger partial charge in [0.15, 0.2) is 0 Å². The van der Waals surface area contributed by atoms with Gasteiger partial charge in [0.1, 0.15) is 0 Å². The molecule has 14 heavy (non-hydrogen) atoms. The van der Waals surface area contributed by atoms with Gasteiger partial charge in [-0.1, -0.05) is 18.7 Å². The molecule has 0 aliphatic rings. The minimum atomic E-state index is 0.441. The Hall–Kier alpha value is -1.31. The highest BCUT2D eigenvalue weighted by Crippen LogP contribution is 2.07. The standard InChI is InChI=1S/C12H20N2/c1-5-7-8-12(6-2)9-13-10-14-11(3)4/h5-6,10,12H,1-3,7-9H2,4H3,(H,13,14). The third-order valence-electron chi connectivity index (χ3n) is 1.82. The number of nitrogens with zero attached hydrogens (tertiary/aromatic N) is 1. The van der Waals surface area contributed by atoms with Crippen LogP contribution in [-0.2, 0) is 0 Å². The minimum absolute atomic E-state index is 0.441. The molecule has 0 aromatic heterocycles. The molecule has 0 fully saturated rings. The summed E-state index contributed by atoms with van der Waals surface area (Å²) in [6.45, 7) is 13.9. The lowest BCUT2D eigenvalue weighted by Gasteiger charge is -2.06. The zero-order chi connectivity index (χ0) is 10.8. The Morgan fingerprint density at radius 1 is 1.50 bits per heavy atom. The van der Waals surface area contributed by atoms with E-state index in [0.717, 1.165) is 25.1 Å². The lowest BCUT2D eigenvalue weighted by atomic mass is 10.0. The first kappa shape index (κ1) is 12.7. The molecule has 1 unspecified atom stereocenters. The lowest BCUT2D eigenvalue weighted by Crippen LogP contribution is -2.08. The molecule has 0 amide bonds. The summed E-state index contributed by atoms with van der Waals surface area (Å²) in [7, 11) is 0. The Labute approximate surface area is 87.1 Å². The Morgan fingerprint density at radius 2 is 2.21 bits per heavy atom. The molecule has 0 aliphatic carbocycles. The molecule has 1 N–H and O–H groups in total. The van der Waals surface area contributed by atoms with Gasteiger partial charge in [0.05, 0.1) is 6.34 Å². The number of hydrogen-bond donors (Lipinski definition) is 1. The van der Waals surface area contributed by atoms with Crippen LogP contribution in [0.25, 0.3) is 0 Å². The van der Waals surface area contributed by atoms with Crippen LogP contribution in [0.2, 0.25) is 0 Å². The molecule has 2 nitrogen and oxygen atoms in total. The third kappa shape index (κ3) is 7.35. The van der Waals surface area contributed by atoms with Crippen LogP contribution in [0.5, 0.6) is 0 Å². The molecular weight excluding hydrogens is 172 g/mol. The summed E-state index contributed by atoms with van der Waals surface area (Å²) in [5, 5.41) is 2.94. The number of allylic oxidation sites excluding steroid dienone is 2. The first-order chi connectivity index (χ1) is 6.70. The van der Waals surface area contributed by atoms with Crippen LogP contribution in [0, 0.1) is 5.92 Å². The van der Waals surface area contributed by atoms with Crippen molar-refractivity contribution in [1.82, 2.24) is 5.32 Å². The highest BCUT2D eigenvalue weighted by Gasteiger charge is 1.99. The lowest BCUT2D eigenvalue weighted by molar-refractivity contribution is 0.612. The summed E-state index contributed by atoms with van der Waals surface area (Å²) < 4.78 is 0. The maximum absolute atomic E-state index is 4.23. The van der Waals surface area contributed by atoms with E-state index in [-0.39, 0.29) is 0 Å². The summed E-state index contributed by atoms with van der Waals surface area (Å²) >= 11 is 0. The fourth-order valence-corrected chi connectivity index (χ4v) is 0.960. The van der Waals surface area contributed by atoms with Crippen molar-refractivity contribution in [3.8, 4) is 0 Å². The van der Waals surface area contributed by atoms with E-state index in [1.807, 2.05) is 19.1 Å². The number of nitrogens with one attached hydrogen (secondary N) is 1. The van der Waals surface area contributed by atoms with E-state index >= 15 is 0 Å². The minimum Gasteiger partial charge on any atom is -0.351 e. The van der Waals surface area contributed by atoms with Gasteiger partial charge in [0, 0.05) is 12.2 Å². The van der Waals surface area contributed by atoms with Gasteiger partial charge in [-0.05, 0) is 25.7 Å². The van der Waals surface area contributed by atoms with Gasteiger partial charge in [-0.3, -0.25) is 4.99 Å². The highest BCUT2D eigenvalue weighted by molar-refractivity contribution is 5.56. The Balaban J connectivity index is 3.70. The van der Waals surface area contributed by atoms with Crippen LogP contribution in [0.15, 0.2) is 42.6 Å².